The van der Waals surface area contributed by atoms with Crippen molar-refractivity contribution in [2.24, 2.45) is 11.7 Å². The molecule has 4 aliphatic heterocycles. The number of hydrogen-bond donors (Lipinski definition) is 1. The monoisotopic (exact) mass is 814 g/mol. The highest BCUT2D eigenvalue weighted by atomic mass is 19.1. The number of hydrogen-bond acceptors (Lipinski definition) is 12. The van der Waals surface area contributed by atoms with Gasteiger partial charge in [0.05, 0.1) is 28.4 Å². The van der Waals surface area contributed by atoms with Gasteiger partial charge in [-0.2, -0.15) is 5.26 Å². The molecular weight excluding hydrogens is 768 g/mol. The average molecular weight is 815 g/mol. The number of benzene rings is 2. The van der Waals surface area contributed by atoms with E-state index in [1.54, 1.807) is 30.5 Å². The molecule has 0 bridgehead atoms. The molecule has 0 radical (unpaired) electrons. The number of carbonyl (C=O) groups is 4. The number of amides is 4. The third-order valence-electron chi connectivity index (χ3n) is 13.0. The van der Waals surface area contributed by atoms with E-state index in [-0.39, 0.29) is 60.4 Å². The minimum atomic E-state index is -0.800. The zero-order chi connectivity index (χ0) is 41.5. The van der Waals surface area contributed by atoms with Gasteiger partial charge in [0, 0.05) is 94.4 Å². The van der Waals surface area contributed by atoms with Gasteiger partial charge in [-0.15, -0.1) is 0 Å². The van der Waals surface area contributed by atoms with Crippen LogP contribution < -0.4 is 20.3 Å². The number of ether oxygens (including phenoxy) is 1. The van der Waals surface area contributed by atoms with Gasteiger partial charge in [0.15, 0.2) is 0 Å². The summed E-state index contributed by atoms with van der Waals surface area (Å²) < 4.78 is 22.2. The topological polar surface area (TPSA) is 182 Å². The molecule has 15 nitrogen and oxygen atoms in total. The highest BCUT2D eigenvalue weighted by Crippen LogP contribution is 2.37. The number of fused-ring (bicyclic) bond motifs is 2. The first kappa shape index (κ1) is 39.3. The molecule has 5 aliphatic rings. The number of pyridine rings is 1. The molecular formula is C44H47FN10O5. The number of piperidine rings is 2. The summed E-state index contributed by atoms with van der Waals surface area (Å²) in [6.45, 7) is 5.68. The normalized spacial score (nSPS) is 22.9. The molecule has 4 amide bonds. The summed E-state index contributed by atoms with van der Waals surface area (Å²) in [6, 6.07) is 11.4. The quantitative estimate of drug-likeness (QED) is 0.240. The molecule has 2 aromatic carbocycles. The summed E-state index contributed by atoms with van der Waals surface area (Å²) in [5.74, 6) is -0.207. The summed E-state index contributed by atoms with van der Waals surface area (Å²) >= 11 is 0. The lowest BCUT2D eigenvalue weighted by atomic mass is 9.89. The van der Waals surface area contributed by atoms with Crippen molar-refractivity contribution in [2.45, 2.75) is 76.1 Å². The van der Waals surface area contributed by atoms with E-state index < -0.39 is 17.8 Å². The minimum Gasteiger partial charge on any atom is -0.490 e. The molecule has 2 aromatic heterocycles. The largest absolute Gasteiger partial charge is 0.490 e. The molecule has 1 aliphatic carbocycles. The summed E-state index contributed by atoms with van der Waals surface area (Å²) in [7, 11) is 0. The maximum Gasteiger partial charge on any atom is 0.255 e. The van der Waals surface area contributed by atoms with Gasteiger partial charge in [0.2, 0.25) is 11.9 Å². The van der Waals surface area contributed by atoms with E-state index in [2.05, 4.69) is 30.8 Å². The number of aromatic nitrogens is 3. The molecule has 4 fully saturated rings. The van der Waals surface area contributed by atoms with Gasteiger partial charge in [-0.05, 0) is 92.8 Å². The van der Waals surface area contributed by atoms with Crippen LogP contribution in [0.3, 0.4) is 0 Å². The second kappa shape index (κ2) is 16.4. The van der Waals surface area contributed by atoms with E-state index in [9.17, 15) is 24.4 Å². The molecule has 0 unspecified atom stereocenters. The fourth-order valence-electron chi connectivity index (χ4n) is 9.70. The van der Waals surface area contributed by atoms with Gasteiger partial charge >= 0.3 is 0 Å². The maximum atomic E-state index is 15.8. The van der Waals surface area contributed by atoms with Crippen molar-refractivity contribution in [2.75, 3.05) is 55.6 Å². The molecule has 1 atom stereocenters. The number of carbonyl (C=O) groups excluding carboxylic acids is 4. The van der Waals surface area contributed by atoms with Gasteiger partial charge < -0.3 is 25.2 Å². The molecule has 6 heterocycles. The van der Waals surface area contributed by atoms with Crippen LogP contribution in [0.4, 0.5) is 16.0 Å². The van der Waals surface area contributed by atoms with Crippen molar-refractivity contribution in [3.05, 3.63) is 83.1 Å². The van der Waals surface area contributed by atoms with Crippen molar-refractivity contribution in [3.63, 3.8) is 0 Å². The number of nitriles is 1. The van der Waals surface area contributed by atoms with Crippen molar-refractivity contribution in [3.8, 4) is 11.8 Å². The van der Waals surface area contributed by atoms with E-state index in [1.165, 1.54) is 28.3 Å². The summed E-state index contributed by atoms with van der Waals surface area (Å²) in [5.41, 5.74) is 8.10. The Morgan fingerprint density at radius 3 is 2.37 bits per heavy atom. The molecule has 0 spiro atoms. The standard InChI is InChI=1S/C44H47FN10O5/c45-35-21-34-29(20-37(35)52-18-16-51(17-19-52)25-27-11-14-53(15-12-27)44-49-23-30(24-50-44)41(47)57)26-54(42(34)58)36-8-10-39(56)55(43(36)59)31-4-6-32(7-5-31)60-38-9-3-28(22-46)40-33(38)2-1-13-48-40/h1-3,9,13,20-21,23-24,27,31-32,36H,4-8,10-12,14-19,25-26H2,(H2,47,57)/t31?,32?,36-/m0/s1. The zero-order valence-electron chi connectivity index (χ0n) is 33.3. The highest BCUT2D eigenvalue weighted by molar-refractivity contribution is 6.06. The fraction of sp³-hybridized carbons (Fsp3) is 0.455. The Bertz CT molecular complexity index is 2370. The van der Waals surface area contributed by atoms with E-state index in [0.717, 1.165) is 51.0 Å². The van der Waals surface area contributed by atoms with Crippen molar-refractivity contribution < 1.29 is 28.3 Å². The smallest absolute Gasteiger partial charge is 0.255 e. The van der Waals surface area contributed by atoms with Crippen LogP contribution in [-0.4, -0.2) is 117 Å². The molecule has 60 heavy (non-hydrogen) atoms. The van der Waals surface area contributed by atoms with Crippen LogP contribution in [-0.2, 0) is 16.1 Å². The van der Waals surface area contributed by atoms with Crippen molar-refractivity contribution >= 4 is 46.2 Å². The predicted octanol–water partition coefficient (Wildman–Crippen LogP) is 4.04. The number of imide groups is 1. The lowest BCUT2D eigenvalue weighted by molar-refractivity contribution is -0.156. The fourth-order valence-corrected chi connectivity index (χ4v) is 9.70. The first-order valence-electron chi connectivity index (χ1n) is 20.9. The van der Waals surface area contributed by atoms with Crippen LogP contribution in [0.1, 0.15) is 83.2 Å². The third-order valence-corrected chi connectivity index (χ3v) is 13.0. The predicted molar refractivity (Wildman–Crippen MR) is 218 cm³/mol. The number of likely N-dealkylation sites (tertiary alicyclic amines) is 1. The Hall–Kier alpha value is -6.21. The number of primary amides is 1. The first-order chi connectivity index (χ1) is 29.1. The van der Waals surface area contributed by atoms with Gasteiger partial charge in [-0.1, -0.05) is 0 Å². The zero-order valence-corrected chi connectivity index (χ0v) is 33.3. The molecule has 3 saturated heterocycles. The number of nitrogens with zero attached hydrogens (tertiary/aromatic N) is 9. The van der Waals surface area contributed by atoms with Crippen LogP contribution in [0.25, 0.3) is 10.9 Å². The van der Waals surface area contributed by atoms with E-state index in [0.29, 0.717) is 78.7 Å². The highest BCUT2D eigenvalue weighted by Gasteiger charge is 2.46. The van der Waals surface area contributed by atoms with E-state index in [4.69, 9.17) is 10.5 Å². The second-order valence-electron chi connectivity index (χ2n) is 16.6. The Kier molecular flexibility index (Phi) is 10.8. The Labute approximate surface area is 346 Å². The Balaban J connectivity index is 0.780. The van der Waals surface area contributed by atoms with Crippen molar-refractivity contribution in [1.29, 1.82) is 5.26 Å². The van der Waals surface area contributed by atoms with E-state index in [1.807, 2.05) is 11.0 Å². The molecule has 1 saturated carbocycles. The van der Waals surface area contributed by atoms with Gasteiger partial charge in [-0.25, -0.2) is 14.4 Å². The second-order valence-corrected chi connectivity index (χ2v) is 16.6. The molecule has 16 heteroatoms. The summed E-state index contributed by atoms with van der Waals surface area (Å²) in [6.07, 6.45) is 9.23. The van der Waals surface area contributed by atoms with Gasteiger partial charge in [0.1, 0.15) is 23.7 Å². The average Bonchev–Trinajstić information content (AvgIpc) is 3.58. The van der Waals surface area contributed by atoms with Crippen molar-refractivity contribution in [1.82, 2.24) is 29.7 Å². The first-order valence-corrected chi connectivity index (χ1v) is 20.9. The van der Waals surface area contributed by atoms with Gasteiger partial charge in [0.25, 0.3) is 17.7 Å². The summed E-state index contributed by atoms with van der Waals surface area (Å²) in [5, 5.41) is 10.3. The van der Waals surface area contributed by atoms with Crippen LogP contribution in [0.15, 0.2) is 55.0 Å². The van der Waals surface area contributed by atoms with Crippen LogP contribution in [0, 0.1) is 23.1 Å². The lowest BCUT2D eigenvalue weighted by Gasteiger charge is -2.41. The van der Waals surface area contributed by atoms with Crippen LogP contribution in [0.2, 0.25) is 0 Å². The van der Waals surface area contributed by atoms with E-state index >= 15 is 4.39 Å². The SMILES string of the molecule is N#Cc1ccc(OC2CCC(N3C(=O)CC[C@H](N4Cc5cc(N6CCN(CC7CCN(c8ncc(C(N)=O)cn8)CC7)CC6)c(F)cc5C4=O)C3=O)CC2)c2cccnc12. The Morgan fingerprint density at radius 2 is 1.65 bits per heavy atom. The number of nitrogens with two attached hydrogens (primary N) is 1. The number of piperazine rings is 1. The third kappa shape index (κ3) is 7.58. The lowest BCUT2D eigenvalue weighted by Crippen LogP contribution is -2.58. The molecule has 310 valence electrons. The number of rotatable bonds is 9. The number of anilines is 2. The van der Waals surface area contributed by atoms with Crippen LogP contribution in [0.5, 0.6) is 5.75 Å². The summed E-state index contributed by atoms with van der Waals surface area (Å²) in [4.78, 5) is 75.1. The minimum absolute atomic E-state index is 0.132. The van der Waals surface area contributed by atoms with Crippen LogP contribution >= 0.6 is 0 Å². The van der Waals surface area contributed by atoms with Gasteiger partial charge in [-0.3, -0.25) is 34.0 Å². The Morgan fingerprint density at radius 1 is 0.900 bits per heavy atom. The maximum absolute atomic E-state index is 15.8. The molecule has 2 N–H and O–H groups in total. The molecule has 4 aromatic rings. The molecule has 9 rings (SSSR count). The number of halogens is 1.